The summed E-state index contributed by atoms with van der Waals surface area (Å²) in [7, 11) is 0. The Balaban J connectivity index is 2.00. The summed E-state index contributed by atoms with van der Waals surface area (Å²) in [6.45, 7) is 8.35. The molecule has 0 aromatic rings. The highest BCUT2D eigenvalue weighted by atomic mass is 16.3. The second-order valence-corrected chi connectivity index (χ2v) is 7.29. The van der Waals surface area contributed by atoms with E-state index in [1.165, 1.54) is 5.57 Å². The molecule has 0 aliphatic heterocycles. The summed E-state index contributed by atoms with van der Waals surface area (Å²) in [4.78, 5) is 0. The van der Waals surface area contributed by atoms with E-state index in [0.717, 1.165) is 12.8 Å². The van der Waals surface area contributed by atoms with Crippen molar-refractivity contribution >= 4 is 0 Å². The van der Waals surface area contributed by atoms with Gasteiger partial charge in [-0.3, -0.25) is 0 Å². The van der Waals surface area contributed by atoms with Crippen LogP contribution in [0.3, 0.4) is 0 Å². The Bertz CT molecular complexity index is 379. The molecular weight excluding hydrogens is 212 g/mol. The van der Waals surface area contributed by atoms with Gasteiger partial charge in [0.25, 0.3) is 0 Å². The summed E-state index contributed by atoms with van der Waals surface area (Å²) < 4.78 is 0. The standard InChI is InChI=1S/C15H24O2/c1-8-7-10(16)13-11-9(14(2,3)17)5-6-15(13,4)12(8)11/h7,9-13,16-17H,5-6H2,1-4H3/t9-,10-,11+,12+,13-,15-/m1/s1. The molecule has 17 heavy (non-hydrogen) atoms. The lowest BCUT2D eigenvalue weighted by Gasteiger charge is -2.71. The summed E-state index contributed by atoms with van der Waals surface area (Å²) in [5, 5.41) is 20.6. The Morgan fingerprint density at radius 1 is 1.41 bits per heavy atom. The molecule has 0 heterocycles. The number of hydrogen-bond acceptors (Lipinski definition) is 2. The lowest BCUT2D eigenvalue weighted by molar-refractivity contribution is -0.236. The van der Waals surface area contributed by atoms with Gasteiger partial charge < -0.3 is 10.2 Å². The van der Waals surface area contributed by atoms with E-state index in [1.807, 2.05) is 19.9 Å². The van der Waals surface area contributed by atoms with Crippen LogP contribution in [0.1, 0.15) is 40.5 Å². The van der Waals surface area contributed by atoms with Gasteiger partial charge in [-0.15, -0.1) is 0 Å². The summed E-state index contributed by atoms with van der Waals surface area (Å²) in [6, 6.07) is 0. The zero-order chi connectivity index (χ0) is 12.6. The summed E-state index contributed by atoms with van der Waals surface area (Å²) in [5.41, 5.74) is 1.03. The topological polar surface area (TPSA) is 40.5 Å². The van der Waals surface area contributed by atoms with Crippen LogP contribution in [-0.4, -0.2) is 21.9 Å². The smallest absolute Gasteiger partial charge is 0.0760 e. The number of aliphatic hydroxyl groups is 2. The van der Waals surface area contributed by atoms with Crippen molar-refractivity contribution < 1.29 is 10.2 Å². The van der Waals surface area contributed by atoms with Crippen molar-refractivity contribution in [3.63, 3.8) is 0 Å². The van der Waals surface area contributed by atoms with Gasteiger partial charge in [-0.05, 0) is 62.7 Å². The first kappa shape index (κ1) is 11.7. The second-order valence-electron chi connectivity index (χ2n) is 7.29. The Hall–Kier alpha value is -0.340. The van der Waals surface area contributed by atoms with Gasteiger partial charge in [0.05, 0.1) is 11.7 Å². The monoisotopic (exact) mass is 236 g/mol. The van der Waals surface area contributed by atoms with Crippen LogP contribution in [0.25, 0.3) is 0 Å². The molecular formula is C15H24O2. The van der Waals surface area contributed by atoms with Gasteiger partial charge in [-0.2, -0.15) is 0 Å². The maximum absolute atomic E-state index is 10.3. The molecule has 96 valence electrons. The van der Waals surface area contributed by atoms with Crippen molar-refractivity contribution in [3.8, 4) is 0 Å². The molecule has 0 amide bonds. The average molecular weight is 236 g/mol. The normalized spacial score (nSPS) is 52.8. The fourth-order valence-corrected chi connectivity index (χ4v) is 5.38. The first-order valence-electron chi connectivity index (χ1n) is 6.85. The molecule has 0 spiro atoms. The summed E-state index contributed by atoms with van der Waals surface area (Å²) in [5.74, 6) is 1.81. The Morgan fingerprint density at radius 3 is 2.59 bits per heavy atom. The third-order valence-corrected chi connectivity index (χ3v) is 5.93. The van der Waals surface area contributed by atoms with Crippen LogP contribution < -0.4 is 0 Å². The molecule has 4 rings (SSSR count). The minimum absolute atomic E-state index is 0.292. The minimum atomic E-state index is -0.611. The number of rotatable bonds is 1. The Morgan fingerprint density at radius 2 is 2.06 bits per heavy atom. The molecule has 0 saturated heterocycles. The van der Waals surface area contributed by atoms with Gasteiger partial charge in [0.1, 0.15) is 0 Å². The zero-order valence-corrected chi connectivity index (χ0v) is 11.3. The molecule has 4 aliphatic carbocycles. The van der Waals surface area contributed by atoms with Gasteiger partial charge >= 0.3 is 0 Å². The SMILES string of the molecule is CC1=C[C@@H](O)[C@@H]2[C@H]3[C@H](C(C)(C)O)CC[C@]2(C)[C@@H]13. The van der Waals surface area contributed by atoms with E-state index in [4.69, 9.17) is 0 Å². The summed E-state index contributed by atoms with van der Waals surface area (Å²) >= 11 is 0. The van der Waals surface area contributed by atoms with Crippen molar-refractivity contribution in [3.05, 3.63) is 11.6 Å². The fraction of sp³-hybridized carbons (Fsp3) is 0.867. The van der Waals surface area contributed by atoms with Crippen LogP contribution in [0.5, 0.6) is 0 Å². The fourth-order valence-electron chi connectivity index (χ4n) is 5.38. The van der Waals surface area contributed by atoms with E-state index in [0.29, 0.717) is 29.1 Å². The molecule has 4 bridgehead atoms. The van der Waals surface area contributed by atoms with E-state index in [9.17, 15) is 10.2 Å². The van der Waals surface area contributed by atoms with Crippen LogP contribution in [-0.2, 0) is 0 Å². The highest BCUT2D eigenvalue weighted by Crippen LogP contribution is 2.72. The molecule has 2 nitrogen and oxygen atoms in total. The van der Waals surface area contributed by atoms with E-state index < -0.39 is 5.60 Å². The summed E-state index contributed by atoms with van der Waals surface area (Å²) in [6.07, 6.45) is 4.01. The average Bonchev–Trinajstić information content (AvgIpc) is 2.13. The third-order valence-electron chi connectivity index (χ3n) is 5.93. The highest BCUT2D eigenvalue weighted by molar-refractivity contribution is 5.31. The molecule has 4 aliphatic rings. The first-order valence-corrected chi connectivity index (χ1v) is 6.85. The van der Waals surface area contributed by atoms with Gasteiger partial charge in [0, 0.05) is 0 Å². The predicted molar refractivity (Wildman–Crippen MR) is 67.4 cm³/mol. The molecule has 2 fully saturated rings. The molecule has 0 aromatic carbocycles. The van der Waals surface area contributed by atoms with Crippen molar-refractivity contribution in [2.75, 3.05) is 0 Å². The third kappa shape index (κ3) is 1.29. The van der Waals surface area contributed by atoms with Crippen LogP contribution in [0, 0.1) is 29.1 Å². The van der Waals surface area contributed by atoms with Crippen LogP contribution in [0.2, 0.25) is 0 Å². The molecule has 2 saturated carbocycles. The van der Waals surface area contributed by atoms with Crippen molar-refractivity contribution in [2.45, 2.75) is 52.2 Å². The maximum atomic E-state index is 10.3. The van der Waals surface area contributed by atoms with E-state index in [1.54, 1.807) is 0 Å². The highest BCUT2D eigenvalue weighted by Gasteiger charge is 2.69. The molecule has 0 aromatic heterocycles. The number of allylic oxidation sites excluding steroid dienone is 1. The minimum Gasteiger partial charge on any atom is -0.390 e. The molecule has 6 atom stereocenters. The van der Waals surface area contributed by atoms with Crippen LogP contribution in [0.4, 0.5) is 0 Å². The zero-order valence-electron chi connectivity index (χ0n) is 11.3. The van der Waals surface area contributed by atoms with E-state index in [-0.39, 0.29) is 6.10 Å². The maximum Gasteiger partial charge on any atom is 0.0760 e. The first-order chi connectivity index (χ1) is 7.77. The van der Waals surface area contributed by atoms with Gasteiger partial charge in [0.15, 0.2) is 0 Å². The number of aliphatic hydroxyl groups excluding tert-OH is 1. The van der Waals surface area contributed by atoms with Crippen LogP contribution in [0.15, 0.2) is 11.6 Å². The Labute approximate surface area is 104 Å². The van der Waals surface area contributed by atoms with Crippen molar-refractivity contribution in [2.24, 2.45) is 29.1 Å². The van der Waals surface area contributed by atoms with Crippen LogP contribution >= 0.6 is 0 Å². The number of hydrogen-bond donors (Lipinski definition) is 2. The quantitative estimate of drug-likeness (QED) is 0.686. The lowest BCUT2D eigenvalue weighted by Crippen LogP contribution is -2.69. The van der Waals surface area contributed by atoms with Gasteiger partial charge in [0.2, 0.25) is 0 Å². The van der Waals surface area contributed by atoms with Crippen molar-refractivity contribution in [1.82, 2.24) is 0 Å². The number of fused-ring (bicyclic) bond motifs is 1. The predicted octanol–water partition coefficient (Wildman–Crippen LogP) is 2.36. The molecule has 2 N–H and O–H groups in total. The van der Waals surface area contributed by atoms with E-state index >= 15 is 0 Å². The van der Waals surface area contributed by atoms with E-state index in [2.05, 4.69) is 13.8 Å². The Kier molecular flexibility index (Phi) is 2.18. The second kappa shape index (κ2) is 3.16. The largest absolute Gasteiger partial charge is 0.390 e. The van der Waals surface area contributed by atoms with Gasteiger partial charge in [-0.1, -0.05) is 18.6 Å². The lowest BCUT2D eigenvalue weighted by atomic mass is 9.34. The molecule has 2 heteroatoms. The van der Waals surface area contributed by atoms with Crippen molar-refractivity contribution in [1.29, 1.82) is 0 Å². The molecule has 0 unspecified atom stereocenters. The van der Waals surface area contributed by atoms with Gasteiger partial charge in [-0.25, -0.2) is 0 Å². The molecule has 0 radical (unpaired) electrons.